The summed E-state index contributed by atoms with van der Waals surface area (Å²) in [5.41, 5.74) is 0.912. The van der Waals surface area contributed by atoms with E-state index >= 15 is 0 Å². The van der Waals surface area contributed by atoms with Crippen molar-refractivity contribution in [1.82, 2.24) is 14.6 Å². The summed E-state index contributed by atoms with van der Waals surface area (Å²) in [6.45, 7) is 0. The first-order valence-corrected chi connectivity index (χ1v) is 9.73. The van der Waals surface area contributed by atoms with Gasteiger partial charge in [-0.15, -0.1) is 10.2 Å². The maximum atomic E-state index is 13.1. The maximum absolute atomic E-state index is 13.1. The lowest BCUT2D eigenvalue weighted by Gasteiger charge is -2.13. The number of methoxy groups -OCH3 is 3. The highest BCUT2D eigenvalue weighted by molar-refractivity contribution is 7.15. The van der Waals surface area contributed by atoms with Crippen LogP contribution in [0.3, 0.4) is 0 Å². The molecule has 10 nitrogen and oxygen atoms in total. The van der Waals surface area contributed by atoms with Crippen molar-refractivity contribution in [2.75, 3.05) is 21.3 Å². The Morgan fingerprint density at radius 1 is 1.03 bits per heavy atom. The molecule has 0 saturated heterocycles. The molecule has 0 fully saturated rings. The molecule has 0 aliphatic heterocycles. The normalized spacial score (nSPS) is 11.6. The van der Waals surface area contributed by atoms with Crippen LogP contribution in [0.25, 0.3) is 22.4 Å². The van der Waals surface area contributed by atoms with Crippen molar-refractivity contribution in [2.24, 2.45) is 0 Å². The number of nitrogens with zero attached hydrogens (tertiary/aromatic N) is 4. The lowest BCUT2D eigenvalue weighted by atomic mass is 10.1. The van der Waals surface area contributed by atoms with Crippen molar-refractivity contribution in [3.8, 4) is 28.6 Å². The van der Waals surface area contributed by atoms with E-state index in [4.69, 9.17) is 14.2 Å². The molecule has 4 aromatic rings. The van der Waals surface area contributed by atoms with Gasteiger partial charge in [-0.1, -0.05) is 11.3 Å². The Hall–Kier alpha value is -3.99. The average molecular weight is 440 g/mol. The second-order valence-electron chi connectivity index (χ2n) is 6.32. The molecular weight excluding hydrogens is 424 g/mol. The predicted molar refractivity (Wildman–Crippen MR) is 114 cm³/mol. The molecule has 4 rings (SSSR count). The van der Waals surface area contributed by atoms with Crippen LogP contribution < -0.4 is 24.3 Å². The highest BCUT2D eigenvalue weighted by Gasteiger charge is 2.19. The monoisotopic (exact) mass is 440 g/mol. The van der Waals surface area contributed by atoms with Gasteiger partial charge in [0.1, 0.15) is 0 Å². The number of nitro benzene ring substituents is 1. The van der Waals surface area contributed by atoms with Gasteiger partial charge in [-0.3, -0.25) is 14.9 Å². The van der Waals surface area contributed by atoms with Gasteiger partial charge >= 0.3 is 0 Å². The van der Waals surface area contributed by atoms with Gasteiger partial charge in [0.25, 0.3) is 11.2 Å². The van der Waals surface area contributed by atoms with Crippen molar-refractivity contribution in [3.63, 3.8) is 0 Å². The summed E-state index contributed by atoms with van der Waals surface area (Å²) in [6, 6.07) is 9.32. The minimum absolute atomic E-state index is 0.0191. The Morgan fingerprint density at radius 3 is 2.23 bits per heavy atom. The van der Waals surface area contributed by atoms with Crippen LogP contribution in [0.4, 0.5) is 5.69 Å². The molecule has 0 aliphatic rings. The zero-order chi connectivity index (χ0) is 22.1. The van der Waals surface area contributed by atoms with E-state index in [-0.39, 0.29) is 11.2 Å². The van der Waals surface area contributed by atoms with Crippen LogP contribution >= 0.6 is 11.3 Å². The van der Waals surface area contributed by atoms with Crippen LogP contribution in [0.5, 0.6) is 17.2 Å². The molecule has 0 spiro atoms. The van der Waals surface area contributed by atoms with Gasteiger partial charge in [0.15, 0.2) is 17.3 Å². The van der Waals surface area contributed by atoms with Gasteiger partial charge in [0, 0.05) is 17.7 Å². The SMILES string of the molecule is COc1cc(-c2nnc3s/c(=C/c4ccc([N+](=O)[O-])cc4)c(=O)n23)cc(OC)c1OC. The smallest absolute Gasteiger partial charge is 0.276 e. The second kappa shape index (κ2) is 8.03. The highest BCUT2D eigenvalue weighted by Crippen LogP contribution is 2.40. The summed E-state index contributed by atoms with van der Waals surface area (Å²) >= 11 is 1.17. The third kappa shape index (κ3) is 3.55. The van der Waals surface area contributed by atoms with Gasteiger partial charge in [-0.05, 0) is 35.9 Å². The topological polar surface area (TPSA) is 118 Å². The number of thiazole rings is 1. The lowest BCUT2D eigenvalue weighted by molar-refractivity contribution is -0.384. The number of ether oxygens (including phenoxy) is 3. The minimum Gasteiger partial charge on any atom is -0.493 e. The van der Waals surface area contributed by atoms with E-state index in [0.717, 1.165) is 0 Å². The van der Waals surface area contributed by atoms with Crippen molar-refractivity contribution in [3.05, 3.63) is 67.0 Å². The molecular formula is C20H16N4O6S. The summed E-state index contributed by atoms with van der Waals surface area (Å²) in [6.07, 6.45) is 1.66. The zero-order valence-electron chi connectivity index (χ0n) is 16.7. The van der Waals surface area contributed by atoms with E-state index in [9.17, 15) is 14.9 Å². The fourth-order valence-corrected chi connectivity index (χ4v) is 4.02. The van der Waals surface area contributed by atoms with E-state index in [1.165, 1.54) is 49.2 Å². The van der Waals surface area contributed by atoms with Gasteiger partial charge in [0.05, 0.1) is 30.8 Å². The first kappa shape index (κ1) is 20.3. The van der Waals surface area contributed by atoms with E-state index < -0.39 is 4.92 Å². The summed E-state index contributed by atoms with van der Waals surface area (Å²) in [5, 5.41) is 19.1. The number of aromatic nitrogens is 3. The predicted octanol–water partition coefficient (Wildman–Crippen LogP) is 2.30. The number of non-ortho nitro benzene ring substituents is 1. The number of hydrogen-bond donors (Lipinski definition) is 0. The molecule has 0 aliphatic carbocycles. The summed E-state index contributed by atoms with van der Waals surface area (Å²) in [5.74, 6) is 1.61. The number of benzene rings is 2. The largest absolute Gasteiger partial charge is 0.493 e. The van der Waals surface area contributed by atoms with Crippen LogP contribution in [0, 0.1) is 10.1 Å². The lowest BCUT2D eigenvalue weighted by Crippen LogP contribution is -2.23. The van der Waals surface area contributed by atoms with Crippen LogP contribution in [-0.2, 0) is 0 Å². The number of fused-ring (bicyclic) bond motifs is 1. The Bertz CT molecular complexity index is 1370. The Balaban J connectivity index is 1.85. The molecule has 0 amide bonds. The molecule has 11 heteroatoms. The molecule has 0 radical (unpaired) electrons. The van der Waals surface area contributed by atoms with Crippen LogP contribution in [0.2, 0.25) is 0 Å². The molecule has 31 heavy (non-hydrogen) atoms. The molecule has 2 heterocycles. The minimum atomic E-state index is -0.475. The molecule has 0 N–H and O–H groups in total. The van der Waals surface area contributed by atoms with Gasteiger partial charge < -0.3 is 14.2 Å². The first-order valence-electron chi connectivity index (χ1n) is 8.91. The van der Waals surface area contributed by atoms with Crippen molar-refractivity contribution >= 4 is 28.1 Å². The van der Waals surface area contributed by atoms with E-state index in [2.05, 4.69) is 10.2 Å². The number of hydrogen-bond acceptors (Lipinski definition) is 9. The third-order valence-corrected chi connectivity index (χ3v) is 5.53. The zero-order valence-corrected chi connectivity index (χ0v) is 17.5. The van der Waals surface area contributed by atoms with Gasteiger partial charge in [-0.2, -0.15) is 0 Å². The third-order valence-electron chi connectivity index (χ3n) is 4.57. The summed E-state index contributed by atoms with van der Waals surface area (Å²) < 4.78 is 17.9. The molecule has 0 unspecified atom stereocenters. The summed E-state index contributed by atoms with van der Waals surface area (Å²) in [7, 11) is 4.51. The quantitative estimate of drug-likeness (QED) is 0.331. The van der Waals surface area contributed by atoms with Crippen molar-refractivity contribution in [1.29, 1.82) is 0 Å². The Morgan fingerprint density at radius 2 is 1.68 bits per heavy atom. The number of nitro groups is 1. The van der Waals surface area contributed by atoms with Gasteiger partial charge in [-0.25, -0.2) is 4.40 Å². The molecule has 2 aromatic heterocycles. The Labute approximate surface area is 179 Å². The van der Waals surface area contributed by atoms with Crippen molar-refractivity contribution in [2.45, 2.75) is 0 Å². The van der Waals surface area contributed by atoms with Crippen LogP contribution in [-0.4, -0.2) is 40.9 Å². The standard InChI is InChI=1S/C20H16N4O6S/c1-28-14-9-12(10-15(29-2)17(14)30-3)18-21-22-20-23(18)19(25)16(31-20)8-11-4-6-13(7-5-11)24(26)27/h4-10H,1-3H3/b16-8+. The van der Waals surface area contributed by atoms with Gasteiger partial charge in [0.2, 0.25) is 10.7 Å². The number of rotatable bonds is 6. The summed E-state index contributed by atoms with van der Waals surface area (Å²) in [4.78, 5) is 23.8. The molecule has 0 atom stereocenters. The van der Waals surface area contributed by atoms with Crippen LogP contribution in [0.15, 0.2) is 41.2 Å². The fourth-order valence-electron chi connectivity index (χ4n) is 3.10. The molecule has 0 saturated carbocycles. The van der Waals surface area contributed by atoms with E-state index in [1.807, 2.05) is 0 Å². The van der Waals surface area contributed by atoms with E-state index in [0.29, 0.717) is 43.7 Å². The molecule has 158 valence electrons. The maximum Gasteiger partial charge on any atom is 0.276 e. The van der Waals surface area contributed by atoms with Crippen LogP contribution in [0.1, 0.15) is 5.56 Å². The molecule has 0 bridgehead atoms. The van der Waals surface area contributed by atoms with E-state index in [1.54, 1.807) is 30.3 Å². The second-order valence-corrected chi connectivity index (χ2v) is 7.33. The van der Waals surface area contributed by atoms with Crippen molar-refractivity contribution < 1.29 is 19.1 Å². The first-order chi connectivity index (χ1) is 15.0. The highest BCUT2D eigenvalue weighted by atomic mass is 32.1. The fraction of sp³-hybridized carbons (Fsp3) is 0.150. The average Bonchev–Trinajstić information content (AvgIpc) is 3.33. The Kier molecular flexibility index (Phi) is 5.26. The molecule has 2 aromatic carbocycles.